The fraction of sp³-hybridized carbons (Fsp3) is 0.316. The van der Waals surface area contributed by atoms with E-state index >= 15 is 0 Å². The molecule has 0 aromatic heterocycles. The molecule has 1 atom stereocenters. The normalized spacial score (nSPS) is 12.7. The van der Waals surface area contributed by atoms with Crippen LogP contribution in [0.15, 0.2) is 48.5 Å². The Balaban J connectivity index is 2.23. The third-order valence-electron chi connectivity index (χ3n) is 4.01. The lowest BCUT2D eigenvalue weighted by Gasteiger charge is -2.28. The van der Waals surface area contributed by atoms with Gasteiger partial charge >= 0.3 is 0 Å². The van der Waals surface area contributed by atoms with Gasteiger partial charge in [-0.2, -0.15) is 0 Å². The van der Waals surface area contributed by atoms with E-state index in [1.54, 1.807) is 12.1 Å². The second-order valence-corrected chi connectivity index (χ2v) is 8.34. The molecule has 1 amide bonds. The van der Waals surface area contributed by atoms with E-state index in [-0.39, 0.29) is 5.69 Å². The number of amides is 1. The van der Waals surface area contributed by atoms with Crippen LogP contribution in [0.5, 0.6) is 0 Å². The molecule has 0 aliphatic heterocycles. The van der Waals surface area contributed by atoms with E-state index in [0.29, 0.717) is 11.6 Å². The number of hydrogen-bond donors (Lipinski definition) is 1. The van der Waals surface area contributed by atoms with Crippen LogP contribution in [-0.2, 0) is 14.8 Å². The monoisotopic (exact) mass is 378 g/mol. The van der Waals surface area contributed by atoms with Crippen LogP contribution in [0.4, 0.5) is 15.8 Å². The molecule has 0 aliphatic rings. The van der Waals surface area contributed by atoms with Gasteiger partial charge in [-0.3, -0.25) is 9.10 Å². The van der Waals surface area contributed by atoms with Crippen molar-refractivity contribution in [1.82, 2.24) is 0 Å². The molecule has 2 aromatic carbocycles. The van der Waals surface area contributed by atoms with Crippen LogP contribution in [0.1, 0.15) is 32.3 Å². The van der Waals surface area contributed by atoms with Crippen molar-refractivity contribution in [1.29, 1.82) is 0 Å². The topological polar surface area (TPSA) is 66.5 Å². The standard InChI is InChI=1S/C19H23FN2O3S/c1-13(2)15-5-9-17(10-6-15)21-19(23)14(3)22(26(4,24)25)18-11-7-16(20)8-12-18/h5-14H,1-4H3,(H,21,23)/t14-/m0/s1. The minimum Gasteiger partial charge on any atom is -0.324 e. The van der Waals surface area contributed by atoms with Gasteiger partial charge in [0.1, 0.15) is 11.9 Å². The summed E-state index contributed by atoms with van der Waals surface area (Å²) in [5.41, 5.74) is 1.95. The number of rotatable bonds is 6. The quantitative estimate of drug-likeness (QED) is 0.833. The molecule has 0 unspecified atom stereocenters. The van der Waals surface area contributed by atoms with Crippen molar-refractivity contribution in [2.75, 3.05) is 15.9 Å². The number of carbonyl (C=O) groups is 1. The third kappa shape index (κ3) is 4.82. The highest BCUT2D eigenvalue weighted by atomic mass is 32.2. The van der Waals surface area contributed by atoms with Crippen molar-refractivity contribution in [3.63, 3.8) is 0 Å². The van der Waals surface area contributed by atoms with Crippen molar-refractivity contribution >= 4 is 27.3 Å². The highest BCUT2D eigenvalue weighted by molar-refractivity contribution is 7.92. The van der Waals surface area contributed by atoms with E-state index in [0.717, 1.165) is 28.3 Å². The summed E-state index contributed by atoms with van der Waals surface area (Å²) in [7, 11) is -3.74. The highest BCUT2D eigenvalue weighted by Crippen LogP contribution is 2.22. The average Bonchev–Trinajstić information content (AvgIpc) is 2.56. The molecule has 0 aliphatic carbocycles. The minimum atomic E-state index is -3.74. The molecular formula is C19H23FN2O3S. The van der Waals surface area contributed by atoms with Crippen LogP contribution in [0.3, 0.4) is 0 Å². The molecule has 0 saturated carbocycles. The lowest BCUT2D eigenvalue weighted by atomic mass is 10.0. The Bertz CT molecular complexity index is 863. The van der Waals surface area contributed by atoms with Crippen LogP contribution in [0, 0.1) is 5.82 Å². The zero-order valence-corrected chi connectivity index (χ0v) is 16.0. The van der Waals surface area contributed by atoms with Crippen molar-refractivity contribution in [2.24, 2.45) is 0 Å². The van der Waals surface area contributed by atoms with E-state index < -0.39 is 27.8 Å². The Morgan fingerprint density at radius 2 is 1.54 bits per heavy atom. The van der Waals surface area contributed by atoms with Crippen LogP contribution < -0.4 is 9.62 Å². The Kier molecular flexibility index (Phi) is 6.02. The van der Waals surface area contributed by atoms with E-state index in [9.17, 15) is 17.6 Å². The molecule has 26 heavy (non-hydrogen) atoms. The van der Waals surface area contributed by atoms with Gasteiger partial charge in [-0.15, -0.1) is 0 Å². The van der Waals surface area contributed by atoms with Gasteiger partial charge in [0, 0.05) is 5.69 Å². The van der Waals surface area contributed by atoms with Gasteiger partial charge in [-0.25, -0.2) is 12.8 Å². The summed E-state index contributed by atoms with van der Waals surface area (Å²) in [4.78, 5) is 12.6. The Morgan fingerprint density at radius 1 is 1.00 bits per heavy atom. The fourth-order valence-electron chi connectivity index (χ4n) is 2.59. The number of nitrogens with one attached hydrogen (secondary N) is 1. The number of benzene rings is 2. The third-order valence-corrected chi connectivity index (χ3v) is 5.26. The van der Waals surface area contributed by atoms with Gasteiger partial charge in [0.2, 0.25) is 15.9 Å². The van der Waals surface area contributed by atoms with Gasteiger partial charge in [-0.05, 0) is 54.8 Å². The maximum absolute atomic E-state index is 13.1. The second kappa shape index (κ2) is 7.86. The first-order chi connectivity index (χ1) is 12.1. The number of carbonyl (C=O) groups excluding carboxylic acids is 1. The van der Waals surface area contributed by atoms with Gasteiger partial charge in [0.15, 0.2) is 0 Å². The van der Waals surface area contributed by atoms with Gasteiger partial charge < -0.3 is 5.32 Å². The predicted octanol–water partition coefficient (Wildman–Crippen LogP) is 3.74. The number of nitrogens with zero attached hydrogens (tertiary/aromatic N) is 1. The molecule has 2 rings (SSSR count). The molecule has 0 spiro atoms. The zero-order valence-electron chi connectivity index (χ0n) is 15.2. The number of anilines is 2. The van der Waals surface area contributed by atoms with Crippen LogP contribution in [-0.4, -0.2) is 26.6 Å². The molecule has 0 bridgehead atoms. The summed E-state index contributed by atoms with van der Waals surface area (Å²) in [5, 5.41) is 2.72. The Morgan fingerprint density at radius 3 is 2.00 bits per heavy atom. The van der Waals surface area contributed by atoms with Gasteiger partial charge in [0.05, 0.1) is 11.9 Å². The molecular weight excluding hydrogens is 355 g/mol. The van der Waals surface area contributed by atoms with E-state index in [1.165, 1.54) is 19.1 Å². The van der Waals surface area contributed by atoms with E-state index in [1.807, 2.05) is 12.1 Å². The first-order valence-electron chi connectivity index (χ1n) is 8.25. The molecule has 0 fully saturated rings. The maximum Gasteiger partial charge on any atom is 0.247 e. The van der Waals surface area contributed by atoms with Gasteiger partial charge in [0.25, 0.3) is 0 Å². The number of hydrogen-bond acceptors (Lipinski definition) is 3. The van der Waals surface area contributed by atoms with Crippen LogP contribution in [0.2, 0.25) is 0 Å². The summed E-state index contributed by atoms with van der Waals surface area (Å²) < 4.78 is 38.5. The van der Waals surface area contributed by atoms with Crippen molar-refractivity contribution in [3.8, 4) is 0 Å². The van der Waals surface area contributed by atoms with Crippen LogP contribution in [0.25, 0.3) is 0 Å². The molecule has 140 valence electrons. The minimum absolute atomic E-state index is 0.228. The lowest BCUT2D eigenvalue weighted by molar-refractivity contribution is -0.116. The smallest absolute Gasteiger partial charge is 0.247 e. The predicted molar refractivity (Wildman–Crippen MR) is 102 cm³/mol. The number of halogens is 1. The SMILES string of the molecule is CC(C)c1ccc(NC(=O)[C@H](C)N(c2ccc(F)cc2)S(C)(=O)=O)cc1. The molecule has 0 radical (unpaired) electrons. The largest absolute Gasteiger partial charge is 0.324 e. The maximum atomic E-state index is 13.1. The van der Waals surface area contributed by atoms with Crippen molar-refractivity contribution < 1.29 is 17.6 Å². The summed E-state index contributed by atoms with van der Waals surface area (Å²) in [6.07, 6.45) is 1.01. The summed E-state index contributed by atoms with van der Waals surface area (Å²) in [6.45, 7) is 5.63. The summed E-state index contributed by atoms with van der Waals surface area (Å²) >= 11 is 0. The van der Waals surface area contributed by atoms with Crippen LogP contribution >= 0.6 is 0 Å². The molecule has 2 aromatic rings. The van der Waals surface area contributed by atoms with Crippen molar-refractivity contribution in [3.05, 3.63) is 59.9 Å². The summed E-state index contributed by atoms with van der Waals surface area (Å²) in [6, 6.07) is 11.4. The zero-order chi connectivity index (χ0) is 19.5. The molecule has 7 heteroatoms. The molecule has 5 nitrogen and oxygen atoms in total. The Labute approximate surface area is 153 Å². The highest BCUT2D eigenvalue weighted by Gasteiger charge is 2.29. The molecule has 1 N–H and O–H groups in total. The first kappa shape index (κ1) is 19.9. The van der Waals surface area contributed by atoms with Crippen molar-refractivity contribution in [2.45, 2.75) is 32.7 Å². The second-order valence-electron chi connectivity index (χ2n) is 6.48. The molecule has 0 heterocycles. The summed E-state index contributed by atoms with van der Waals surface area (Å²) in [5.74, 6) is -0.584. The average molecular weight is 378 g/mol. The lowest BCUT2D eigenvalue weighted by Crippen LogP contribution is -2.45. The fourth-order valence-corrected chi connectivity index (χ4v) is 3.77. The number of sulfonamides is 1. The first-order valence-corrected chi connectivity index (χ1v) is 10.1. The van der Waals surface area contributed by atoms with E-state index in [4.69, 9.17) is 0 Å². The Hall–Kier alpha value is -2.41. The van der Waals surface area contributed by atoms with E-state index in [2.05, 4.69) is 19.2 Å². The molecule has 0 saturated heterocycles. The van der Waals surface area contributed by atoms with Gasteiger partial charge in [-0.1, -0.05) is 26.0 Å².